The number of anilines is 1. The Balaban J connectivity index is 1.86. The summed E-state index contributed by atoms with van der Waals surface area (Å²) in [5, 5.41) is 13.5. The van der Waals surface area contributed by atoms with Gasteiger partial charge in [0.2, 0.25) is 12.7 Å². The highest BCUT2D eigenvalue weighted by atomic mass is 16.7. The van der Waals surface area contributed by atoms with Crippen molar-refractivity contribution < 1.29 is 24.0 Å². The molecule has 0 aromatic heterocycles. The Labute approximate surface area is 130 Å². The molecule has 2 atom stereocenters. The summed E-state index contributed by atoms with van der Waals surface area (Å²) >= 11 is 0. The maximum absolute atomic E-state index is 12.3. The number of rotatable bonds is 4. The van der Waals surface area contributed by atoms with Gasteiger partial charge in [-0.2, -0.15) is 0 Å². The molecule has 0 bridgehead atoms. The third-order valence-corrected chi connectivity index (χ3v) is 3.66. The van der Waals surface area contributed by atoms with Gasteiger partial charge in [0.25, 0.3) is 6.04 Å². The highest BCUT2D eigenvalue weighted by Gasteiger charge is 2.41. The zero-order valence-electron chi connectivity index (χ0n) is 12.1. The van der Waals surface area contributed by atoms with Crippen molar-refractivity contribution >= 4 is 17.4 Å². The highest BCUT2D eigenvalue weighted by molar-refractivity contribution is 6.05. The summed E-state index contributed by atoms with van der Waals surface area (Å²) in [6.07, 6.45) is 0. The number of hydrazine groups is 1. The quantitative estimate of drug-likeness (QED) is 0.390. The van der Waals surface area contributed by atoms with E-state index in [4.69, 9.17) is 9.47 Å². The van der Waals surface area contributed by atoms with Gasteiger partial charge in [-0.05, 0) is 13.0 Å². The third-order valence-electron chi connectivity index (χ3n) is 3.66. The molecule has 0 saturated carbocycles. The number of Topliss-reactive ketones (excluding diaryl/α,β-unsaturated/α-hetero) is 1. The largest absolute Gasteiger partial charge is 0.454 e. The van der Waals surface area contributed by atoms with Gasteiger partial charge in [0.15, 0.2) is 23.3 Å². The zero-order valence-corrected chi connectivity index (χ0v) is 12.1. The number of nitrogens with zero attached hydrogens (tertiary/aromatic N) is 1. The second-order valence-electron chi connectivity index (χ2n) is 5.15. The standard InChI is InChI=1S/C13H14N4O6/c1-6(18)7-2-10-11(23-5-22-10)3-8(7)15-13(19)12-9(17(20)21)4-14-16-12/h2-3,9,12,14,16H,4-5H2,1H3,(H,15,19). The van der Waals surface area contributed by atoms with Crippen LogP contribution in [0.4, 0.5) is 5.69 Å². The lowest BCUT2D eigenvalue weighted by Crippen LogP contribution is -2.46. The van der Waals surface area contributed by atoms with Crippen molar-refractivity contribution in [3.8, 4) is 11.5 Å². The van der Waals surface area contributed by atoms with E-state index in [0.29, 0.717) is 11.5 Å². The molecule has 0 aliphatic carbocycles. The minimum atomic E-state index is -1.09. The van der Waals surface area contributed by atoms with E-state index in [1.54, 1.807) is 0 Å². The number of benzene rings is 1. The minimum Gasteiger partial charge on any atom is -0.454 e. The monoisotopic (exact) mass is 322 g/mol. The molecule has 0 radical (unpaired) electrons. The Morgan fingerprint density at radius 3 is 2.70 bits per heavy atom. The summed E-state index contributed by atoms with van der Waals surface area (Å²) in [7, 11) is 0. The third kappa shape index (κ3) is 2.81. The molecule has 3 N–H and O–H groups in total. The number of amides is 1. The number of carbonyl (C=O) groups excluding carboxylic acids is 2. The summed E-state index contributed by atoms with van der Waals surface area (Å²) in [6.45, 7) is 1.41. The lowest BCUT2D eigenvalue weighted by Gasteiger charge is -2.15. The van der Waals surface area contributed by atoms with E-state index < -0.39 is 22.9 Å². The number of ketones is 1. The molecule has 2 heterocycles. The molecule has 3 rings (SSSR count). The van der Waals surface area contributed by atoms with Crippen molar-refractivity contribution in [1.82, 2.24) is 10.9 Å². The lowest BCUT2D eigenvalue weighted by molar-refractivity contribution is -0.517. The second kappa shape index (κ2) is 5.82. The Morgan fingerprint density at radius 1 is 1.35 bits per heavy atom. The van der Waals surface area contributed by atoms with Gasteiger partial charge in [-0.3, -0.25) is 19.7 Å². The normalized spacial score (nSPS) is 22.0. The van der Waals surface area contributed by atoms with Crippen LogP contribution in [0, 0.1) is 10.1 Å². The first-order valence-corrected chi connectivity index (χ1v) is 6.84. The van der Waals surface area contributed by atoms with Gasteiger partial charge in [-0.15, -0.1) is 0 Å². The van der Waals surface area contributed by atoms with E-state index in [2.05, 4.69) is 16.2 Å². The molecule has 10 heteroatoms. The van der Waals surface area contributed by atoms with Crippen molar-refractivity contribution in [2.45, 2.75) is 19.0 Å². The maximum Gasteiger partial charge on any atom is 0.252 e. The summed E-state index contributed by atoms with van der Waals surface area (Å²) in [5.41, 5.74) is 5.62. The number of fused-ring (bicyclic) bond motifs is 1. The van der Waals surface area contributed by atoms with E-state index in [1.807, 2.05) is 0 Å². The van der Waals surface area contributed by atoms with Crippen LogP contribution in [0.1, 0.15) is 17.3 Å². The number of nitro groups is 1. The van der Waals surface area contributed by atoms with E-state index in [-0.39, 0.29) is 30.4 Å². The highest BCUT2D eigenvalue weighted by Crippen LogP contribution is 2.37. The number of hydrogen-bond acceptors (Lipinski definition) is 8. The summed E-state index contributed by atoms with van der Waals surface area (Å²) in [5.74, 6) is -0.0781. The predicted octanol–water partition coefficient (Wildman–Crippen LogP) is -0.322. The molecule has 2 aliphatic rings. The smallest absolute Gasteiger partial charge is 0.252 e. The average Bonchev–Trinajstić information content (AvgIpc) is 3.14. The number of hydrogen-bond donors (Lipinski definition) is 3. The van der Waals surface area contributed by atoms with Crippen molar-refractivity contribution in [2.24, 2.45) is 0 Å². The molecule has 1 aromatic rings. The van der Waals surface area contributed by atoms with Gasteiger partial charge in [0.05, 0.1) is 12.2 Å². The maximum atomic E-state index is 12.3. The molecule has 2 aliphatic heterocycles. The molecule has 1 saturated heterocycles. The molecular weight excluding hydrogens is 308 g/mol. The molecular formula is C13H14N4O6. The van der Waals surface area contributed by atoms with E-state index in [9.17, 15) is 19.7 Å². The Morgan fingerprint density at radius 2 is 2.04 bits per heavy atom. The molecule has 122 valence electrons. The van der Waals surface area contributed by atoms with Crippen LogP contribution in [0.2, 0.25) is 0 Å². The molecule has 23 heavy (non-hydrogen) atoms. The fraction of sp³-hybridized carbons (Fsp3) is 0.385. The van der Waals surface area contributed by atoms with Gasteiger partial charge in [0, 0.05) is 16.6 Å². The second-order valence-corrected chi connectivity index (χ2v) is 5.15. The van der Waals surface area contributed by atoms with Crippen LogP contribution in [-0.2, 0) is 4.79 Å². The number of nitrogens with one attached hydrogen (secondary N) is 3. The van der Waals surface area contributed by atoms with Crippen LogP contribution in [0.5, 0.6) is 11.5 Å². The van der Waals surface area contributed by atoms with Crippen molar-refractivity contribution in [2.75, 3.05) is 18.7 Å². The van der Waals surface area contributed by atoms with Gasteiger partial charge >= 0.3 is 0 Å². The molecule has 1 fully saturated rings. The first kappa shape index (κ1) is 15.2. The van der Waals surface area contributed by atoms with Gasteiger partial charge in [0.1, 0.15) is 0 Å². The minimum absolute atomic E-state index is 0.0293. The van der Waals surface area contributed by atoms with Crippen LogP contribution in [0.3, 0.4) is 0 Å². The van der Waals surface area contributed by atoms with Crippen LogP contribution < -0.4 is 25.6 Å². The molecule has 0 spiro atoms. The molecule has 2 unspecified atom stereocenters. The Bertz CT molecular complexity index is 691. The van der Waals surface area contributed by atoms with Crippen molar-refractivity contribution in [1.29, 1.82) is 0 Å². The summed E-state index contributed by atoms with van der Waals surface area (Å²) in [6, 6.07) is 0.812. The zero-order chi connectivity index (χ0) is 16.6. The van der Waals surface area contributed by atoms with Crippen LogP contribution in [0.15, 0.2) is 12.1 Å². The number of carbonyl (C=O) groups is 2. The first-order valence-electron chi connectivity index (χ1n) is 6.84. The van der Waals surface area contributed by atoms with Crippen LogP contribution in [0.25, 0.3) is 0 Å². The van der Waals surface area contributed by atoms with Crippen LogP contribution >= 0.6 is 0 Å². The SMILES string of the molecule is CC(=O)c1cc2c(cc1NC(=O)C1NNCC1[N+](=O)[O-])OCO2. The summed E-state index contributed by atoms with van der Waals surface area (Å²) < 4.78 is 10.4. The Kier molecular flexibility index (Phi) is 3.84. The van der Waals surface area contributed by atoms with Gasteiger partial charge in [-0.1, -0.05) is 0 Å². The average molecular weight is 322 g/mol. The number of ether oxygens (including phenoxy) is 2. The fourth-order valence-electron chi connectivity index (χ4n) is 2.47. The van der Waals surface area contributed by atoms with E-state index in [1.165, 1.54) is 19.1 Å². The molecule has 1 aromatic carbocycles. The van der Waals surface area contributed by atoms with Gasteiger partial charge in [-0.25, -0.2) is 10.9 Å². The fourth-order valence-corrected chi connectivity index (χ4v) is 2.47. The van der Waals surface area contributed by atoms with Crippen LogP contribution in [-0.4, -0.2) is 42.0 Å². The van der Waals surface area contributed by atoms with E-state index in [0.717, 1.165) is 0 Å². The van der Waals surface area contributed by atoms with E-state index >= 15 is 0 Å². The van der Waals surface area contributed by atoms with Crippen molar-refractivity contribution in [3.05, 3.63) is 27.8 Å². The Hall–Kier alpha value is -2.72. The van der Waals surface area contributed by atoms with Crippen molar-refractivity contribution in [3.63, 3.8) is 0 Å². The molecule has 10 nitrogen and oxygen atoms in total. The lowest BCUT2D eigenvalue weighted by atomic mass is 10.1. The summed E-state index contributed by atoms with van der Waals surface area (Å²) in [4.78, 5) is 34.5. The predicted molar refractivity (Wildman–Crippen MR) is 76.9 cm³/mol. The topological polar surface area (TPSA) is 132 Å². The molecule has 1 amide bonds. The first-order chi connectivity index (χ1) is 11.0. The van der Waals surface area contributed by atoms with Gasteiger partial charge < -0.3 is 14.8 Å².